The predicted octanol–water partition coefficient (Wildman–Crippen LogP) is 2.70. The smallest absolute Gasteiger partial charge is 0.248 e. The number of hydrogen-bond donors (Lipinski definition) is 1. The summed E-state index contributed by atoms with van der Waals surface area (Å²) in [6.07, 6.45) is 4.99. The molecule has 8 heteroatoms. The van der Waals surface area contributed by atoms with Crippen molar-refractivity contribution in [2.75, 3.05) is 5.32 Å². The fraction of sp³-hybridized carbons (Fsp3) is 0.188. The van der Waals surface area contributed by atoms with Crippen molar-refractivity contribution in [3.05, 3.63) is 51.7 Å². The third kappa shape index (κ3) is 3.54. The molecule has 0 saturated carbocycles. The van der Waals surface area contributed by atoms with Crippen molar-refractivity contribution < 1.29 is 4.79 Å². The van der Waals surface area contributed by atoms with Crippen LogP contribution in [0.25, 0.3) is 11.8 Å². The molecule has 0 radical (unpaired) electrons. The second kappa shape index (κ2) is 6.71. The Morgan fingerprint density at radius 2 is 2.12 bits per heavy atom. The van der Waals surface area contributed by atoms with Gasteiger partial charge in [-0.3, -0.25) is 4.79 Å². The van der Waals surface area contributed by atoms with E-state index in [1.165, 1.54) is 17.4 Å². The van der Waals surface area contributed by atoms with E-state index in [9.17, 15) is 4.79 Å². The van der Waals surface area contributed by atoms with E-state index in [4.69, 9.17) is 0 Å². The zero-order valence-electron chi connectivity index (χ0n) is 13.5. The molecule has 0 atom stereocenters. The van der Waals surface area contributed by atoms with Gasteiger partial charge in [-0.25, -0.2) is 4.98 Å². The summed E-state index contributed by atoms with van der Waals surface area (Å²) in [6, 6.07) is 5.62. The molecule has 0 bridgehead atoms. The van der Waals surface area contributed by atoms with Gasteiger partial charge in [0.2, 0.25) is 5.91 Å². The average Bonchev–Trinajstić information content (AvgIpc) is 3.16. The molecular formula is C16H16N6OS. The Hall–Kier alpha value is -2.87. The molecule has 0 unspecified atom stereocenters. The standard InChI is InChI=1S/C16H16N6OS/c1-10-4-5-13(8-15(10)22-11(2)19-20-21-22)18-16(23)7-6-14-9-17-12(3)24-14/h4-9H,1-3H3,(H,18,23)/b7-6-. The van der Waals surface area contributed by atoms with Crippen LogP contribution in [0.2, 0.25) is 0 Å². The fourth-order valence-electron chi connectivity index (χ4n) is 2.17. The van der Waals surface area contributed by atoms with Gasteiger partial charge in [-0.05, 0) is 55.0 Å². The Balaban J connectivity index is 1.77. The maximum absolute atomic E-state index is 12.1. The minimum Gasteiger partial charge on any atom is -0.322 e. The first kappa shape index (κ1) is 16.0. The molecule has 1 aromatic carbocycles. The van der Waals surface area contributed by atoms with Crippen LogP contribution in [-0.4, -0.2) is 31.1 Å². The second-order valence-electron chi connectivity index (χ2n) is 5.24. The number of thiazole rings is 1. The molecule has 2 aromatic heterocycles. The van der Waals surface area contributed by atoms with Crippen LogP contribution in [0.3, 0.4) is 0 Å². The maximum atomic E-state index is 12.1. The SMILES string of the molecule is Cc1ncc(/C=C\C(=O)Nc2ccc(C)c(-n3nnnc3C)c2)s1. The normalized spacial score (nSPS) is 11.1. The van der Waals surface area contributed by atoms with E-state index in [1.807, 2.05) is 39.0 Å². The van der Waals surface area contributed by atoms with Crippen LogP contribution < -0.4 is 5.32 Å². The third-order valence-electron chi connectivity index (χ3n) is 3.37. The third-order valence-corrected chi connectivity index (χ3v) is 4.25. The number of anilines is 1. The molecule has 0 aliphatic rings. The van der Waals surface area contributed by atoms with E-state index in [0.29, 0.717) is 11.5 Å². The van der Waals surface area contributed by atoms with Crippen LogP contribution >= 0.6 is 11.3 Å². The zero-order valence-corrected chi connectivity index (χ0v) is 14.3. The van der Waals surface area contributed by atoms with Gasteiger partial charge in [0.1, 0.15) is 0 Å². The molecule has 0 fully saturated rings. The first-order chi connectivity index (χ1) is 11.5. The molecule has 2 heterocycles. The summed E-state index contributed by atoms with van der Waals surface area (Å²) in [4.78, 5) is 17.2. The van der Waals surface area contributed by atoms with Crippen molar-refractivity contribution in [2.45, 2.75) is 20.8 Å². The van der Waals surface area contributed by atoms with Gasteiger partial charge in [-0.15, -0.1) is 16.4 Å². The number of carbonyl (C=O) groups excluding carboxylic acids is 1. The van der Waals surface area contributed by atoms with Crippen LogP contribution in [0.1, 0.15) is 21.3 Å². The number of rotatable bonds is 4. The van der Waals surface area contributed by atoms with E-state index >= 15 is 0 Å². The molecule has 3 aromatic rings. The predicted molar refractivity (Wildman–Crippen MR) is 93.1 cm³/mol. The van der Waals surface area contributed by atoms with Gasteiger partial charge in [-0.1, -0.05) is 6.07 Å². The molecule has 7 nitrogen and oxygen atoms in total. The van der Waals surface area contributed by atoms with Gasteiger partial charge >= 0.3 is 0 Å². The molecule has 0 spiro atoms. The Kier molecular flexibility index (Phi) is 4.48. The van der Waals surface area contributed by atoms with Crippen molar-refractivity contribution in [1.29, 1.82) is 0 Å². The Morgan fingerprint density at radius 1 is 1.29 bits per heavy atom. The molecule has 0 saturated heterocycles. The van der Waals surface area contributed by atoms with E-state index in [2.05, 4.69) is 25.8 Å². The molecule has 0 aliphatic carbocycles. The minimum absolute atomic E-state index is 0.204. The number of nitrogens with zero attached hydrogens (tertiary/aromatic N) is 5. The molecule has 1 amide bonds. The molecule has 24 heavy (non-hydrogen) atoms. The number of aryl methyl sites for hydroxylation is 3. The fourth-order valence-corrected chi connectivity index (χ4v) is 2.85. The number of amides is 1. The lowest BCUT2D eigenvalue weighted by atomic mass is 10.1. The van der Waals surface area contributed by atoms with Crippen LogP contribution in [-0.2, 0) is 4.79 Å². The number of aromatic nitrogens is 5. The van der Waals surface area contributed by atoms with E-state index < -0.39 is 0 Å². The number of tetrazole rings is 1. The second-order valence-corrected chi connectivity index (χ2v) is 6.51. The molecule has 1 N–H and O–H groups in total. The highest BCUT2D eigenvalue weighted by Gasteiger charge is 2.08. The van der Waals surface area contributed by atoms with Crippen LogP contribution in [0.4, 0.5) is 5.69 Å². The van der Waals surface area contributed by atoms with Gasteiger partial charge in [0.05, 0.1) is 10.7 Å². The zero-order chi connectivity index (χ0) is 17.1. The van der Waals surface area contributed by atoms with Crippen molar-refractivity contribution in [3.8, 4) is 5.69 Å². The molecule has 3 rings (SSSR count). The van der Waals surface area contributed by atoms with Crippen molar-refractivity contribution in [3.63, 3.8) is 0 Å². The largest absolute Gasteiger partial charge is 0.322 e. The summed E-state index contributed by atoms with van der Waals surface area (Å²) < 4.78 is 1.64. The molecular weight excluding hydrogens is 324 g/mol. The topological polar surface area (TPSA) is 85.6 Å². The van der Waals surface area contributed by atoms with E-state index in [-0.39, 0.29) is 5.91 Å². The van der Waals surface area contributed by atoms with Gasteiger partial charge in [-0.2, -0.15) is 4.68 Å². The lowest BCUT2D eigenvalue weighted by Gasteiger charge is -2.09. The van der Waals surface area contributed by atoms with Gasteiger partial charge in [0.25, 0.3) is 0 Å². The van der Waals surface area contributed by atoms with Crippen molar-refractivity contribution >= 4 is 29.0 Å². The maximum Gasteiger partial charge on any atom is 0.248 e. The summed E-state index contributed by atoms with van der Waals surface area (Å²) in [5.74, 6) is 0.478. The monoisotopic (exact) mass is 340 g/mol. The minimum atomic E-state index is -0.204. The summed E-state index contributed by atoms with van der Waals surface area (Å²) in [7, 11) is 0. The van der Waals surface area contributed by atoms with Crippen LogP contribution in [0.15, 0.2) is 30.5 Å². The Labute approximate surface area is 143 Å². The van der Waals surface area contributed by atoms with E-state index in [1.54, 1.807) is 17.0 Å². The first-order valence-corrected chi connectivity index (χ1v) is 8.12. The van der Waals surface area contributed by atoms with Crippen LogP contribution in [0, 0.1) is 20.8 Å². The summed E-state index contributed by atoms with van der Waals surface area (Å²) >= 11 is 1.54. The Bertz CT molecular complexity index is 911. The number of hydrogen-bond acceptors (Lipinski definition) is 6. The van der Waals surface area contributed by atoms with Gasteiger partial charge < -0.3 is 5.32 Å². The number of nitrogens with one attached hydrogen (secondary N) is 1. The lowest BCUT2D eigenvalue weighted by molar-refractivity contribution is -0.111. The molecule has 0 aliphatic heterocycles. The highest BCUT2D eigenvalue weighted by atomic mass is 32.1. The van der Waals surface area contributed by atoms with E-state index in [0.717, 1.165) is 21.1 Å². The Morgan fingerprint density at radius 3 is 2.79 bits per heavy atom. The summed E-state index contributed by atoms with van der Waals surface area (Å²) in [5, 5.41) is 15.3. The summed E-state index contributed by atoms with van der Waals surface area (Å²) in [6.45, 7) is 5.72. The van der Waals surface area contributed by atoms with Gasteiger partial charge in [0, 0.05) is 22.8 Å². The quantitative estimate of drug-likeness (QED) is 0.738. The van der Waals surface area contributed by atoms with Gasteiger partial charge in [0.15, 0.2) is 5.82 Å². The highest BCUT2D eigenvalue weighted by molar-refractivity contribution is 7.12. The average molecular weight is 340 g/mol. The first-order valence-electron chi connectivity index (χ1n) is 7.30. The number of benzene rings is 1. The lowest BCUT2D eigenvalue weighted by Crippen LogP contribution is -2.09. The van der Waals surface area contributed by atoms with Crippen molar-refractivity contribution in [1.82, 2.24) is 25.2 Å². The highest BCUT2D eigenvalue weighted by Crippen LogP contribution is 2.19. The number of carbonyl (C=O) groups is 1. The van der Waals surface area contributed by atoms with Crippen LogP contribution in [0.5, 0.6) is 0 Å². The molecule has 122 valence electrons. The van der Waals surface area contributed by atoms with Crippen molar-refractivity contribution in [2.24, 2.45) is 0 Å². The summed E-state index contributed by atoms with van der Waals surface area (Å²) in [5.41, 5.74) is 2.53.